The Hall–Kier alpha value is -0.953. The highest BCUT2D eigenvalue weighted by atomic mass is 28.4. The second-order valence-electron chi connectivity index (χ2n) is 4.02. The van der Waals surface area contributed by atoms with E-state index in [2.05, 4.69) is 13.5 Å². The standard InChI is InChI=1S/C13H25NO4Si/c1-7-9-10-12(3)13(15)14(11-8-2)19(16-4,17-5)18-6/h8,10H,2,7,9,11H2,1,3-6H3/b12-10+. The molecule has 0 spiro atoms. The number of carbonyl (C=O) groups is 1. The summed E-state index contributed by atoms with van der Waals surface area (Å²) in [6.07, 6.45) is 5.40. The third-order valence-electron chi connectivity index (χ3n) is 2.74. The Morgan fingerprint density at radius 2 is 1.79 bits per heavy atom. The highest BCUT2D eigenvalue weighted by molar-refractivity contribution is 6.60. The van der Waals surface area contributed by atoms with Gasteiger partial charge in [-0.1, -0.05) is 25.5 Å². The average Bonchev–Trinajstić information content (AvgIpc) is 2.45. The number of hydrogen-bond acceptors (Lipinski definition) is 4. The molecular weight excluding hydrogens is 262 g/mol. The number of amides is 1. The Labute approximate surface area is 117 Å². The van der Waals surface area contributed by atoms with E-state index in [0.717, 1.165) is 12.8 Å². The van der Waals surface area contributed by atoms with Crippen LogP contribution in [0.5, 0.6) is 0 Å². The van der Waals surface area contributed by atoms with Crippen molar-refractivity contribution < 1.29 is 18.1 Å². The van der Waals surface area contributed by atoms with Gasteiger partial charge in [-0.15, -0.1) is 6.58 Å². The number of unbranched alkanes of at least 4 members (excludes halogenated alkanes) is 1. The van der Waals surface area contributed by atoms with E-state index in [-0.39, 0.29) is 5.91 Å². The Morgan fingerprint density at radius 1 is 1.26 bits per heavy atom. The molecule has 0 fully saturated rings. The van der Waals surface area contributed by atoms with Crippen molar-refractivity contribution in [2.45, 2.75) is 26.7 Å². The van der Waals surface area contributed by atoms with Crippen LogP contribution in [0.4, 0.5) is 0 Å². The summed E-state index contributed by atoms with van der Waals surface area (Å²) in [7, 11) is 1.28. The maximum atomic E-state index is 12.5. The van der Waals surface area contributed by atoms with Gasteiger partial charge in [0.1, 0.15) is 0 Å². The predicted octanol–water partition coefficient (Wildman–Crippen LogP) is 2.12. The van der Waals surface area contributed by atoms with E-state index in [1.807, 2.05) is 6.08 Å². The SMILES string of the molecule is C=CCN(C(=O)/C(C)=C/CCC)[Si](OC)(OC)OC. The van der Waals surface area contributed by atoms with Gasteiger partial charge >= 0.3 is 8.97 Å². The Balaban J connectivity index is 5.29. The maximum Gasteiger partial charge on any atom is 0.635 e. The summed E-state index contributed by atoms with van der Waals surface area (Å²) in [5.74, 6) is -0.148. The maximum absolute atomic E-state index is 12.5. The molecule has 19 heavy (non-hydrogen) atoms. The molecular formula is C13H25NO4Si. The van der Waals surface area contributed by atoms with Gasteiger partial charge in [0, 0.05) is 33.4 Å². The molecule has 0 aliphatic carbocycles. The number of allylic oxidation sites excluding steroid dienone is 1. The van der Waals surface area contributed by atoms with Gasteiger partial charge in [0.25, 0.3) is 0 Å². The quantitative estimate of drug-likeness (QED) is 0.370. The fraction of sp³-hybridized carbons (Fsp3) is 0.615. The lowest BCUT2D eigenvalue weighted by Gasteiger charge is -2.34. The van der Waals surface area contributed by atoms with Crippen molar-refractivity contribution in [3.63, 3.8) is 0 Å². The normalized spacial score (nSPS) is 12.4. The van der Waals surface area contributed by atoms with Crippen LogP contribution in [-0.4, -0.2) is 47.3 Å². The molecule has 0 N–H and O–H groups in total. The summed E-state index contributed by atoms with van der Waals surface area (Å²) >= 11 is 0. The third-order valence-corrected chi connectivity index (χ3v) is 5.33. The van der Waals surface area contributed by atoms with Gasteiger partial charge in [-0.05, 0) is 13.3 Å². The molecule has 0 aromatic rings. The minimum atomic E-state index is -3.16. The molecule has 0 unspecified atom stereocenters. The van der Waals surface area contributed by atoms with Crippen molar-refractivity contribution in [3.05, 3.63) is 24.3 Å². The van der Waals surface area contributed by atoms with Crippen LogP contribution < -0.4 is 0 Å². The molecule has 0 heterocycles. The van der Waals surface area contributed by atoms with E-state index in [0.29, 0.717) is 12.1 Å². The molecule has 6 heteroatoms. The first-order chi connectivity index (χ1) is 9.02. The minimum Gasteiger partial charge on any atom is -0.360 e. The summed E-state index contributed by atoms with van der Waals surface area (Å²) in [5.41, 5.74) is 0.659. The van der Waals surface area contributed by atoms with Crippen molar-refractivity contribution in [3.8, 4) is 0 Å². The minimum absolute atomic E-state index is 0.148. The molecule has 1 amide bonds. The number of hydrogen-bond donors (Lipinski definition) is 0. The highest BCUT2D eigenvalue weighted by Crippen LogP contribution is 2.17. The van der Waals surface area contributed by atoms with Gasteiger partial charge in [-0.2, -0.15) is 0 Å². The fourth-order valence-corrected chi connectivity index (χ4v) is 3.63. The van der Waals surface area contributed by atoms with Crippen LogP contribution in [0.15, 0.2) is 24.3 Å². The van der Waals surface area contributed by atoms with Gasteiger partial charge < -0.3 is 13.3 Å². The van der Waals surface area contributed by atoms with Crippen molar-refractivity contribution in [1.82, 2.24) is 4.57 Å². The lowest BCUT2D eigenvalue weighted by atomic mass is 10.2. The van der Waals surface area contributed by atoms with Crippen LogP contribution in [-0.2, 0) is 18.1 Å². The summed E-state index contributed by atoms with van der Waals surface area (Å²) in [4.78, 5) is 12.5. The monoisotopic (exact) mass is 287 g/mol. The van der Waals surface area contributed by atoms with Gasteiger partial charge in [0.05, 0.1) is 0 Å². The lowest BCUT2D eigenvalue weighted by Crippen LogP contribution is -2.61. The number of rotatable bonds is 9. The zero-order valence-corrected chi connectivity index (χ0v) is 13.6. The van der Waals surface area contributed by atoms with Crippen LogP contribution in [0.25, 0.3) is 0 Å². The first-order valence-corrected chi connectivity index (χ1v) is 7.95. The molecule has 0 saturated carbocycles. The van der Waals surface area contributed by atoms with Crippen molar-refractivity contribution in [2.24, 2.45) is 0 Å². The van der Waals surface area contributed by atoms with Crippen LogP contribution in [0.3, 0.4) is 0 Å². The Morgan fingerprint density at radius 3 is 2.16 bits per heavy atom. The van der Waals surface area contributed by atoms with E-state index in [1.165, 1.54) is 25.9 Å². The van der Waals surface area contributed by atoms with Gasteiger partial charge in [-0.3, -0.25) is 9.36 Å². The zero-order valence-electron chi connectivity index (χ0n) is 12.6. The van der Waals surface area contributed by atoms with E-state index in [9.17, 15) is 4.79 Å². The van der Waals surface area contributed by atoms with Crippen LogP contribution in [0, 0.1) is 0 Å². The first kappa shape index (κ1) is 18.0. The van der Waals surface area contributed by atoms with Crippen LogP contribution in [0.2, 0.25) is 0 Å². The molecule has 0 rings (SSSR count). The second kappa shape index (κ2) is 9.03. The second-order valence-corrected chi connectivity index (χ2v) is 6.83. The van der Waals surface area contributed by atoms with E-state index >= 15 is 0 Å². The molecule has 0 atom stereocenters. The highest BCUT2D eigenvalue weighted by Gasteiger charge is 2.49. The van der Waals surface area contributed by atoms with Gasteiger partial charge in [-0.25, -0.2) is 0 Å². The molecule has 0 radical (unpaired) electrons. The first-order valence-electron chi connectivity index (χ1n) is 6.28. The topological polar surface area (TPSA) is 48.0 Å². The number of carbonyl (C=O) groups excluding carboxylic acids is 1. The molecule has 0 aliphatic rings. The third kappa shape index (κ3) is 4.57. The summed E-state index contributed by atoms with van der Waals surface area (Å²) < 4.78 is 17.5. The van der Waals surface area contributed by atoms with Gasteiger partial charge in [0.2, 0.25) is 5.91 Å². The van der Waals surface area contributed by atoms with Gasteiger partial charge in [0.15, 0.2) is 0 Å². The summed E-state index contributed by atoms with van der Waals surface area (Å²) in [6, 6.07) is 0. The van der Waals surface area contributed by atoms with Crippen molar-refractivity contribution >= 4 is 14.9 Å². The Kier molecular flexibility index (Phi) is 8.58. The van der Waals surface area contributed by atoms with Crippen molar-refractivity contribution in [2.75, 3.05) is 27.9 Å². The number of nitrogens with zero attached hydrogens (tertiary/aromatic N) is 1. The molecule has 0 aromatic carbocycles. The average molecular weight is 287 g/mol. The molecule has 0 bridgehead atoms. The largest absolute Gasteiger partial charge is 0.635 e. The zero-order chi connectivity index (χ0) is 14.9. The smallest absolute Gasteiger partial charge is 0.360 e. The Bertz CT molecular complexity index is 318. The van der Waals surface area contributed by atoms with E-state index in [1.54, 1.807) is 13.0 Å². The fourth-order valence-electron chi connectivity index (χ4n) is 1.69. The molecule has 5 nitrogen and oxygen atoms in total. The van der Waals surface area contributed by atoms with Crippen molar-refractivity contribution in [1.29, 1.82) is 0 Å². The molecule has 0 aliphatic heterocycles. The summed E-state index contributed by atoms with van der Waals surface area (Å²) in [5, 5.41) is 0. The predicted molar refractivity (Wildman–Crippen MR) is 77.4 cm³/mol. The molecule has 0 aromatic heterocycles. The molecule has 110 valence electrons. The van der Waals surface area contributed by atoms with E-state index < -0.39 is 8.97 Å². The van der Waals surface area contributed by atoms with E-state index in [4.69, 9.17) is 13.3 Å². The van der Waals surface area contributed by atoms with Crippen LogP contribution >= 0.6 is 0 Å². The summed E-state index contributed by atoms with van der Waals surface area (Å²) in [6.45, 7) is 7.83. The van der Waals surface area contributed by atoms with Crippen LogP contribution in [0.1, 0.15) is 26.7 Å². The molecule has 0 saturated heterocycles. The lowest BCUT2D eigenvalue weighted by molar-refractivity contribution is -0.126.